The van der Waals surface area contributed by atoms with Crippen LogP contribution in [0.15, 0.2) is 40.2 Å². The van der Waals surface area contributed by atoms with Crippen LogP contribution < -0.4 is 5.32 Å². The molecule has 0 aliphatic carbocycles. The molecule has 1 aliphatic rings. The summed E-state index contributed by atoms with van der Waals surface area (Å²) in [5.41, 5.74) is 2.83. The van der Waals surface area contributed by atoms with E-state index in [1.54, 1.807) is 0 Å². The third-order valence-corrected chi connectivity index (χ3v) is 5.67. The lowest BCUT2D eigenvalue weighted by Gasteiger charge is -2.32. The van der Waals surface area contributed by atoms with Crippen molar-refractivity contribution in [2.75, 3.05) is 13.1 Å². The Labute approximate surface area is 127 Å². The summed E-state index contributed by atoms with van der Waals surface area (Å²) in [4.78, 5) is 1.51. The summed E-state index contributed by atoms with van der Waals surface area (Å²) in [5.74, 6) is 1.25. The van der Waals surface area contributed by atoms with Gasteiger partial charge < -0.3 is 5.32 Å². The van der Waals surface area contributed by atoms with Gasteiger partial charge in [0.1, 0.15) is 0 Å². The van der Waals surface area contributed by atoms with E-state index >= 15 is 0 Å². The van der Waals surface area contributed by atoms with Crippen molar-refractivity contribution < 1.29 is 0 Å². The molecule has 19 heavy (non-hydrogen) atoms. The number of aryl methyl sites for hydroxylation is 1. The Morgan fingerprint density at radius 3 is 2.84 bits per heavy atom. The lowest BCUT2D eigenvalue weighted by molar-refractivity contribution is 0.408. The lowest BCUT2D eigenvalue weighted by Crippen LogP contribution is -2.33. The van der Waals surface area contributed by atoms with E-state index in [-0.39, 0.29) is 0 Å². The molecule has 1 fully saturated rings. The average Bonchev–Trinajstić information content (AvgIpc) is 2.85. The minimum Gasteiger partial charge on any atom is -0.316 e. The molecule has 3 heteroatoms. The molecule has 2 unspecified atom stereocenters. The summed E-state index contributed by atoms with van der Waals surface area (Å²) in [6.07, 6.45) is 1.23. The standard InChI is InChI=1S/C16H18BrNS/c1-11-3-2-4-12(9-11)14-10-18-8-7-13(14)15-5-6-16(17)19-15/h2-6,9,13-14,18H,7-8,10H2,1H3. The molecule has 1 aromatic carbocycles. The molecule has 3 rings (SSSR count). The summed E-state index contributed by atoms with van der Waals surface area (Å²) >= 11 is 5.48. The van der Waals surface area contributed by atoms with Gasteiger partial charge in [-0.1, -0.05) is 29.8 Å². The first-order valence-corrected chi connectivity index (χ1v) is 8.37. The van der Waals surface area contributed by atoms with Crippen molar-refractivity contribution in [3.05, 3.63) is 56.2 Å². The van der Waals surface area contributed by atoms with Gasteiger partial charge in [0, 0.05) is 23.3 Å². The zero-order chi connectivity index (χ0) is 13.2. The van der Waals surface area contributed by atoms with Crippen LogP contribution in [0.2, 0.25) is 0 Å². The molecule has 0 spiro atoms. The van der Waals surface area contributed by atoms with Crippen LogP contribution >= 0.6 is 27.3 Å². The average molecular weight is 336 g/mol. The fourth-order valence-corrected chi connectivity index (χ4v) is 4.60. The molecule has 2 heterocycles. The van der Waals surface area contributed by atoms with Gasteiger partial charge in [0.2, 0.25) is 0 Å². The van der Waals surface area contributed by atoms with Crippen LogP contribution in [0.4, 0.5) is 0 Å². The van der Waals surface area contributed by atoms with Crippen LogP contribution in [0.1, 0.15) is 34.3 Å². The minimum atomic E-state index is 0.596. The number of thiophene rings is 1. The number of hydrogen-bond acceptors (Lipinski definition) is 2. The van der Waals surface area contributed by atoms with Crippen molar-refractivity contribution in [3.8, 4) is 0 Å². The third-order valence-electron chi connectivity index (χ3n) is 3.91. The van der Waals surface area contributed by atoms with Crippen molar-refractivity contribution >= 4 is 27.3 Å². The molecular weight excluding hydrogens is 318 g/mol. The molecule has 1 aliphatic heterocycles. The predicted octanol–water partition coefficient (Wildman–Crippen LogP) is 4.68. The fourth-order valence-electron chi connectivity index (χ4n) is 2.98. The van der Waals surface area contributed by atoms with Crippen LogP contribution in [0.25, 0.3) is 0 Å². The molecule has 1 aromatic heterocycles. The SMILES string of the molecule is Cc1cccc(C2CNCCC2c2ccc(Br)s2)c1. The van der Waals surface area contributed by atoms with Crippen LogP contribution in [-0.2, 0) is 0 Å². The van der Waals surface area contributed by atoms with Crippen molar-refractivity contribution in [2.45, 2.75) is 25.2 Å². The van der Waals surface area contributed by atoms with E-state index in [4.69, 9.17) is 0 Å². The Hall–Kier alpha value is -0.640. The summed E-state index contributed by atoms with van der Waals surface area (Å²) in [6, 6.07) is 13.4. The van der Waals surface area contributed by atoms with E-state index in [9.17, 15) is 0 Å². The van der Waals surface area contributed by atoms with E-state index in [2.05, 4.69) is 64.6 Å². The summed E-state index contributed by atoms with van der Waals surface area (Å²) < 4.78 is 1.24. The smallest absolute Gasteiger partial charge is 0.0701 e. The maximum Gasteiger partial charge on any atom is 0.0701 e. The van der Waals surface area contributed by atoms with Crippen molar-refractivity contribution in [1.82, 2.24) is 5.32 Å². The summed E-state index contributed by atoms with van der Waals surface area (Å²) in [5, 5.41) is 3.55. The first-order chi connectivity index (χ1) is 9.24. The summed E-state index contributed by atoms with van der Waals surface area (Å²) in [7, 11) is 0. The van der Waals surface area contributed by atoms with Crippen LogP contribution in [0.3, 0.4) is 0 Å². The maximum atomic E-state index is 3.59. The van der Waals surface area contributed by atoms with E-state index in [0.29, 0.717) is 11.8 Å². The first-order valence-electron chi connectivity index (χ1n) is 6.76. The Balaban J connectivity index is 1.93. The molecule has 2 aromatic rings. The number of nitrogens with one attached hydrogen (secondary N) is 1. The van der Waals surface area contributed by atoms with Gasteiger partial charge in [-0.3, -0.25) is 0 Å². The summed E-state index contributed by atoms with van der Waals surface area (Å²) in [6.45, 7) is 4.39. The number of rotatable bonds is 2. The molecule has 0 bridgehead atoms. The van der Waals surface area contributed by atoms with Gasteiger partial charge in [-0.2, -0.15) is 0 Å². The molecular formula is C16H18BrNS. The van der Waals surface area contributed by atoms with Gasteiger partial charge in [0.05, 0.1) is 3.79 Å². The van der Waals surface area contributed by atoms with Gasteiger partial charge in [-0.05, 0) is 53.5 Å². The molecule has 0 saturated carbocycles. The van der Waals surface area contributed by atoms with E-state index in [0.717, 1.165) is 13.1 Å². The van der Waals surface area contributed by atoms with Crippen LogP contribution in [-0.4, -0.2) is 13.1 Å². The van der Waals surface area contributed by atoms with Gasteiger partial charge in [0.15, 0.2) is 0 Å². The first kappa shape index (κ1) is 13.3. The zero-order valence-electron chi connectivity index (χ0n) is 11.0. The van der Waals surface area contributed by atoms with Gasteiger partial charge in [-0.25, -0.2) is 0 Å². The molecule has 100 valence electrons. The monoisotopic (exact) mass is 335 g/mol. The number of piperidine rings is 1. The lowest BCUT2D eigenvalue weighted by atomic mass is 9.80. The molecule has 1 saturated heterocycles. The molecule has 1 nitrogen and oxygen atoms in total. The van der Waals surface area contributed by atoms with Gasteiger partial charge >= 0.3 is 0 Å². The fraction of sp³-hybridized carbons (Fsp3) is 0.375. The Bertz CT molecular complexity index is 563. The van der Waals surface area contributed by atoms with E-state index < -0.39 is 0 Å². The van der Waals surface area contributed by atoms with Crippen LogP contribution in [0.5, 0.6) is 0 Å². The topological polar surface area (TPSA) is 12.0 Å². The molecule has 0 radical (unpaired) electrons. The van der Waals surface area contributed by atoms with Gasteiger partial charge in [-0.15, -0.1) is 11.3 Å². The number of hydrogen-bond donors (Lipinski definition) is 1. The Morgan fingerprint density at radius 1 is 1.21 bits per heavy atom. The highest BCUT2D eigenvalue weighted by Crippen LogP contribution is 2.41. The maximum absolute atomic E-state index is 3.59. The zero-order valence-corrected chi connectivity index (χ0v) is 13.4. The predicted molar refractivity (Wildman–Crippen MR) is 86.2 cm³/mol. The van der Waals surface area contributed by atoms with E-state index in [1.807, 2.05) is 11.3 Å². The second-order valence-corrected chi connectivity index (χ2v) is 7.76. The highest BCUT2D eigenvalue weighted by Gasteiger charge is 2.28. The second-order valence-electron chi connectivity index (χ2n) is 5.26. The number of benzene rings is 1. The molecule has 2 atom stereocenters. The van der Waals surface area contributed by atoms with Crippen molar-refractivity contribution in [3.63, 3.8) is 0 Å². The number of halogens is 1. The Morgan fingerprint density at radius 2 is 2.11 bits per heavy atom. The normalized spacial score (nSPS) is 23.5. The van der Waals surface area contributed by atoms with E-state index in [1.165, 1.54) is 26.2 Å². The minimum absolute atomic E-state index is 0.596. The Kier molecular flexibility index (Phi) is 4.06. The van der Waals surface area contributed by atoms with Crippen LogP contribution in [0, 0.1) is 6.92 Å². The molecule has 1 N–H and O–H groups in total. The second kappa shape index (κ2) is 5.78. The molecule has 0 amide bonds. The third kappa shape index (κ3) is 2.93. The largest absolute Gasteiger partial charge is 0.316 e. The highest BCUT2D eigenvalue weighted by molar-refractivity contribution is 9.11. The van der Waals surface area contributed by atoms with Gasteiger partial charge in [0.25, 0.3) is 0 Å². The highest BCUT2D eigenvalue weighted by atomic mass is 79.9. The van der Waals surface area contributed by atoms with Crippen molar-refractivity contribution in [2.24, 2.45) is 0 Å². The quantitative estimate of drug-likeness (QED) is 0.840. The van der Waals surface area contributed by atoms with Crippen molar-refractivity contribution in [1.29, 1.82) is 0 Å².